The third-order valence-corrected chi connectivity index (χ3v) is 14.8. The first-order chi connectivity index (χ1) is 37.5. The Morgan fingerprint density at radius 1 is 0.276 bits per heavy atom. The smallest absolute Gasteiger partial charge is 0.306 e. The lowest BCUT2D eigenvalue weighted by atomic mass is 10.0. The molecule has 0 saturated heterocycles. The minimum absolute atomic E-state index is 0.0673. The number of rotatable bonds is 61. The molecule has 0 aromatic rings. The summed E-state index contributed by atoms with van der Waals surface area (Å²) >= 11 is 0. The maximum atomic E-state index is 12.9. The van der Waals surface area contributed by atoms with E-state index in [1.165, 1.54) is 218 Å². The van der Waals surface area contributed by atoms with E-state index in [9.17, 15) is 14.4 Å². The van der Waals surface area contributed by atoms with E-state index in [4.69, 9.17) is 14.2 Å². The molecule has 0 heterocycles. The van der Waals surface area contributed by atoms with Crippen LogP contribution in [0.25, 0.3) is 0 Å². The fourth-order valence-corrected chi connectivity index (χ4v) is 9.83. The van der Waals surface area contributed by atoms with Gasteiger partial charge in [0.05, 0.1) is 0 Å². The zero-order valence-electron chi connectivity index (χ0n) is 50.8. The number of carbonyl (C=O) groups excluding carboxylic acids is 3. The van der Waals surface area contributed by atoms with Crippen molar-refractivity contribution in [1.29, 1.82) is 0 Å². The van der Waals surface area contributed by atoms with Gasteiger partial charge in [-0.25, -0.2) is 0 Å². The number of carbonyl (C=O) groups is 3. The van der Waals surface area contributed by atoms with Crippen LogP contribution < -0.4 is 0 Å². The third-order valence-electron chi connectivity index (χ3n) is 14.8. The van der Waals surface area contributed by atoms with Crippen LogP contribution in [0.15, 0.2) is 60.8 Å². The molecule has 0 rings (SSSR count). The van der Waals surface area contributed by atoms with Crippen molar-refractivity contribution in [3.63, 3.8) is 0 Å². The predicted octanol–water partition coefficient (Wildman–Crippen LogP) is 22.7. The Balaban J connectivity index is 4.12. The molecule has 0 aliphatic heterocycles. The molecule has 0 saturated carbocycles. The van der Waals surface area contributed by atoms with Gasteiger partial charge in [-0.3, -0.25) is 14.4 Å². The van der Waals surface area contributed by atoms with Crippen molar-refractivity contribution >= 4 is 17.9 Å². The Morgan fingerprint density at radius 2 is 0.513 bits per heavy atom. The van der Waals surface area contributed by atoms with Crippen LogP contribution >= 0.6 is 0 Å². The monoisotopic (exact) mass is 1060 g/mol. The summed E-state index contributed by atoms with van der Waals surface area (Å²) in [6, 6.07) is 0. The first-order valence-corrected chi connectivity index (χ1v) is 33.3. The van der Waals surface area contributed by atoms with E-state index in [0.717, 1.165) is 89.9 Å². The summed E-state index contributed by atoms with van der Waals surface area (Å²) in [5, 5.41) is 0. The molecule has 0 radical (unpaired) electrons. The van der Waals surface area contributed by atoms with Crippen molar-refractivity contribution < 1.29 is 28.6 Å². The van der Waals surface area contributed by atoms with Gasteiger partial charge < -0.3 is 14.2 Å². The third kappa shape index (κ3) is 62.0. The molecular formula is C70H126O6. The van der Waals surface area contributed by atoms with E-state index in [-0.39, 0.29) is 31.1 Å². The molecule has 0 spiro atoms. The summed E-state index contributed by atoms with van der Waals surface area (Å²) in [7, 11) is 0. The number of hydrogen-bond acceptors (Lipinski definition) is 6. The lowest BCUT2D eigenvalue weighted by Gasteiger charge is -2.18. The Kier molecular flexibility index (Phi) is 62.2. The molecule has 0 N–H and O–H groups in total. The van der Waals surface area contributed by atoms with Crippen LogP contribution in [0.4, 0.5) is 0 Å². The van der Waals surface area contributed by atoms with E-state index < -0.39 is 6.10 Å². The second-order valence-corrected chi connectivity index (χ2v) is 22.4. The fourth-order valence-electron chi connectivity index (χ4n) is 9.83. The first-order valence-electron chi connectivity index (χ1n) is 33.3. The number of allylic oxidation sites excluding steroid dienone is 10. The van der Waals surface area contributed by atoms with Crippen LogP contribution in [-0.4, -0.2) is 37.2 Å². The van der Waals surface area contributed by atoms with Gasteiger partial charge in [0.15, 0.2) is 6.10 Å². The fraction of sp³-hybridized carbons (Fsp3) is 0.814. The van der Waals surface area contributed by atoms with Crippen molar-refractivity contribution in [2.45, 2.75) is 354 Å². The number of unbranched alkanes of at least 4 members (excludes halogenated alkanes) is 40. The minimum Gasteiger partial charge on any atom is -0.462 e. The van der Waals surface area contributed by atoms with E-state index in [0.29, 0.717) is 19.3 Å². The minimum atomic E-state index is -0.768. The molecule has 0 fully saturated rings. The molecule has 0 aliphatic rings. The van der Waals surface area contributed by atoms with E-state index >= 15 is 0 Å². The highest BCUT2D eigenvalue weighted by atomic mass is 16.6. The molecule has 0 bridgehead atoms. The van der Waals surface area contributed by atoms with Crippen LogP contribution in [-0.2, 0) is 28.6 Å². The van der Waals surface area contributed by atoms with Crippen LogP contribution in [0, 0.1) is 0 Å². The second-order valence-electron chi connectivity index (χ2n) is 22.4. The zero-order valence-corrected chi connectivity index (χ0v) is 50.8. The molecule has 0 aromatic carbocycles. The SMILES string of the molecule is CC/C=C\C/C=C\C/C=C\C/C=C\C/C=C\CCCCCCCCCCCCCCCCCC(=O)OCC(COC(=O)CCCCCCCCCCCC)OC(=O)CCCCCCCCCCCCCCCCCCC. The predicted molar refractivity (Wildman–Crippen MR) is 330 cm³/mol. The molecular weight excluding hydrogens is 937 g/mol. The van der Waals surface area contributed by atoms with Crippen molar-refractivity contribution in [1.82, 2.24) is 0 Å². The summed E-state index contributed by atoms with van der Waals surface area (Å²) in [5.74, 6) is -0.847. The van der Waals surface area contributed by atoms with Gasteiger partial charge in [0.2, 0.25) is 0 Å². The summed E-state index contributed by atoms with van der Waals surface area (Å²) < 4.78 is 16.9. The number of hydrogen-bond donors (Lipinski definition) is 0. The van der Waals surface area contributed by atoms with Crippen LogP contribution in [0.3, 0.4) is 0 Å². The summed E-state index contributed by atoms with van der Waals surface area (Å²) in [5.41, 5.74) is 0. The molecule has 6 heteroatoms. The quantitative estimate of drug-likeness (QED) is 0.0261. The number of ether oxygens (including phenoxy) is 3. The standard InChI is InChI=1S/C70H126O6/c1-4-7-10-13-16-19-22-24-26-28-29-30-31-32-33-34-35-36-37-38-39-40-41-43-44-46-48-51-54-57-60-63-69(72)75-66-67(65-74-68(71)62-59-56-53-50-21-18-15-12-9-6-3)76-70(73)64-61-58-55-52-49-47-45-42-27-25-23-20-17-14-11-8-5-2/h7,10,16,19,24,26,29-30,32-33,67H,4-6,8-9,11-15,17-18,20-23,25,27-28,31,34-66H2,1-3H3/b10-7-,19-16-,26-24-,30-29-,33-32-. The number of esters is 3. The summed E-state index contributed by atoms with van der Waals surface area (Å²) in [6.45, 7) is 6.57. The lowest BCUT2D eigenvalue weighted by molar-refractivity contribution is -0.167. The lowest BCUT2D eigenvalue weighted by Crippen LogP contribution is -2.30. The average molecular weight is 1060 g/mol. The molecule has 1 unspecified atom stereocenters. The van der Waals surface area contributed by atoms with Gasteiger partial charge in [-0.15, -0.1) is 0 Å². The highest BCUT2D eigenvalue weighted by Crippen LogP contribution is 2.18. The highest BCUT2D eigenvalue weighted by Gasteiger charge is 2.19. The van der Waals surface area contributed by atoms with Crippen LogP contribution in [0.5, 0.6) is 0 Å². The van der Waals surface area contributed by atoms with Gasteiger partial charge in [0.25, 0.3) is 0 Å². The summed E-state index contributed by atoms with van der Waals surface area (Å²) in [6.07, 6.45) is 82.5. The largest absolute Gasteiger partial charge is 0.462 e. The van der Waals surface area contributed by atoms with Crippen LogP contribution in [0.1, 0.15) is 348 Å². The van der Waals surface area contributed by atoms with Gasteiger partial charge in [-0.1, -0.05) is 326 Å². The molecule has 76 heavy (non-hydrogen) atoms. The van der Waals surface area contributed by atoms with E-state index in [2.05, 4.69) is 81.5 Å². The van der Waals surface area contributed by atoms with Gasteiger partial charge in [0.1, 0.15) is 13.2 Å². The molecule has 442 valence electrons. The van der Waals surface area contributed by atoms with Gasteiger partial charge in [-0.05, 0) is 64.2 Å². The second kappa shape index (κ2) is 64.6. The maximum Gasteiger partial charge on any atom is 0.306 e. The first kappa shape index (κ1) is 73.1. The van der Waals surface area contributed by atoms with Crippen molar-refractivity contribution in [2.24, 2.45) is 0 Å². The average Bonchev–Trinajstić information content (AvgIpc) is 3.42. The highest BCUT2D eigenvalue weighted by molar-refractivity contribution is 5.71. The van der Waals surface area contributed by atoms with Crippen molar-refractivity contribution in [2.75, 3.05) is 13.2 Å². The van der Waals surface area contributed by atoms with Gasteiger partial charge in [0, 0.05) is 19.3 Å². The van der Waals surface area contributed by atoms with E-state index in [1.807, 2.05) is 0 Å². The summed E-state index contributed by atoms with van der Waals surface area (Å²) in [4.78, 5) is 38.2. The van der Waals surface area contributed by atoms with Gasteiger partial charge in [-0.2, -0.15) is 0 Å². The molecule has 6 nitrogen and oxygen atoms in total. The van der Waals surface area contributed by atoms with E-state index in [1.54, 1.807) is 0 Å². The normalized spacial score (nSPS) is 12.4. The Hall–Kier alpha value is -2.89. The van der Waals surface area contributed by atoms with Gasteiger partial charge >= 0.3 is 17.9 Å². The van der Waals surface area contributed by atoms with Crippen molar-refractivity contribution in [3.05, 3.63) is 60.8 Å². The molecule has 0 amide bonds. The Morgan fingerprint density at radius 3 is 0.803 bits per heavy atom. The zero-order chi connectivity index (χ0) is 55.0. The van der Waals surface area contributed by atoms with Crippen LogP contribution in [0.2, 0.25) is 0 Å². The maximum absolute atomic E-state index is 12.9. The molecule has 1 atom stereocenters. The Bertz CT molecular complexity index is 1360. The molecule has 0 aliphatic carbocycles. The Labute approximate surface area is 472 Å². The van der Waals surface area contributed by atoms with Crippen molar-refractivity contribution in [3.8, 4) is 0 Å². The topological polar surface area (TPSA) is 78.9 Å². The molecule has 0 aromatic heterocycles.